The first-order valence-corrected chi connectivity index (χ1v) is 5.96. The van der Waals surface area contributed by atoms with Crippen molar-refractivity contribution in [2.45, 2.75) is 32.1 Å². The van der Waals surface area contributed by atoms with Gasteiger partial charge in [-0.2, -0.15) is 0 Å². The first kappa shape index (κ1) is 11.8. The molecule has 4 nitrogen and oxygen atoms in total. The summed E-state index contributed by atoms with van der Waals surface area (Å²) in [5, 5.41) is 2.42. The Hall–Kier alpha value is -1.71. The summed E-state index contributed by atoms with van der Waals surface area (Å²) < 4.78 is 0. The summed E-state index contributed by atoms with van der Waals surface area (Å²) in [5.74, 6) is -0.458. The highest BCUT2D eigenvalue weighted by atomic mass is 16.2. The molecule has 1 aliphatic heterocycles. The van der Waals surface area contributed by atoms with Gasteiger partial charge >= 0.3 is 0 Å². The Morgan fingerprint density at radius 1 is 1.47 bits per heavy atom. The van der Waals surface area contributed by atoms with Crippen LogP contribution in [0.15, 0.2) is 24.5 Å². The predicted octanol–water partition coefficient (Wildman–Crippen LogP) is 1.63. The van der Waals surface area contributed by atoms with Gasteiger partial charge in [-0.05, 0) is 18.1 Å². The molecule has 0 spiro atoms. The zero-order valence-electron chi connectivity index (χ0n) is 9.85. The molecule has 1 N–H and O–H groups in total. The number of piperidine rings is 1. The maximum atomic E-state index is 11.8. The molecule has 90 valence electrons. The average molecular weight is 232 g/mol. The molecule has 1 aromatic heterocycles. The molecule has 1 aliphatic rings. The molecule has 0 bridgehead atoms. The van der Waals surface area contributed by atoms with E-state index in [1.54, 1.807) is 12.4 Å². The number of hydrogen-bond donors (Lipinski definition) is 1. The highest BCUT2D eigenvalue weighted by molar-refractivity contribution is 5.99. The smallest absolute Gasteiger partial charge is 0.230 e. The molecule has 2 rings (SSSR count). The fourth-order valence-electron chi connectivity index (χ4n) is 2.39. The lowest BCUT2D eigenvalue weighted by atomic mass is 9.78. The van der Waals surface area contributed by atoms with Crippen LogP contribution >= 0.6 is 0 Å². The first-order valence-electron chi connectivity index (χ1n) is 5.96. The lowest BCUT2D eigenvalue weighted by Crippen LogP contribution is -2.44. The first-order chi connectivity index (χ1) is 8.22. The van der Waals surface area contributed by atoms with E-state index in [1.807, 2.05) is 19.1 Å². The number of imide groups is 1. The molecule has 2 atom stereocenters. The molecule has 0 saturated carbocycles. The van der Waals surface area contributed by atoms with Crippen molar-refractivity contribution in [3.63, 3.8) is 0 Å². The Balaban J connectivity index is 2.27. The monoisotopic (exact) mass is 232 g/mol. The fraction of sp³-hybridized carbons (Fsp3) is 0.462. The Bertz CT molecular complexity index is 417. The second-order valence-electron chi connectivity index (χ2n) is 4.40. The molecule has 1 aromatic rings. The van der Waals surface area contributed by atoms with Crippen LogP contribution in [0.1, 0.15) is 37.7 Å². The van der Waals surface area contributed by atoms with Crippen LogP contribution in [-0.4, -0.2) is 16.8 Å². The van der Waals surface area contributed by atoms with Crippen LogP contribution in [0.4, 0.5) is 0 Å². The summed E-state index contributed by atoms with van der Waals surface area (Å²) in [6, 6.07) is 3.78. The van der Waals surface area contributed by atoms with E-state index in [2.05, 4.69) is 10.3 Å². The normalized spacial score (nSPS) is 24.5. The molecule has 0 radical (unpaired) electrons. The van der Waals surface area contributed by atoms with Crippen LogP contribution in [-0.2, 0) is 9.59 Å². The third-order valence-corrected chi connectivity index (χ3v) is 3.20. The number of hydrogen-bond acceptors (Lipinski definition) is 3. The molecule has 1 fully saturated rings. The van der Waals surface area contributed by atoms with Crippen molar-refractivity contribution in [3.8, 4) is 0 Å². The quantitative estimate of drug-likeness (QED) is 0.806. The second kappa shape index (κ2) is 5.08. The molecule has 2 unspecified atom stereocenters. The van der Waals surface area contributed by atoms with Gasteiger partial charge in [-0.3, -0.25) is 19.9 Å². The van der Waals surface area contributed by atoms with Crippen LogP contribution in [0.25, 0.3) is 0 Å². The van der Waals surface area contributed by atoms with Crippen molar-refractivity contribution >= 4 is 11.8 Å². The highest BCUT2D eigenvalue weighted by Crippen LogP contribution is 2.33. The Labute approximate surface area is 100 Å². The van der Waals surface area contributed by atoms with Crippen LogP contribution in [0.2, 0.25) is 0 Å². The van der Waals surface area contributed by atoms with E-state index in [-0.39, 0.29) is 23.7 Å². The van der Waals surface area contributed by atoms with Gasteiger partial charge < -0.3 is 0 Å². The van der Waals surface area contributed by atoms with E-state index in [0.717, 1.165) is 18.4 Å². The van der Waals surface area contributed by atoms with Gasteiger partial charge in [0.05, 0.1) is 0 Å². The van der Waals surface area contributed by atoms with Gasteiger partial charge in [-0.1, -0.05) is 19.4 Å². The molecule has 0 aromatic carbocycles. The zero-order valence-corrected chi connectivity index (χ0v) is 9.85. The molecule has 2 heterocycles. The van der Waals surface area contributed by atoms with Gasteiger partial charge in [0.15, 0.2) is 0 Å². The van der Waals surface area contributed by atoms with Crippen molar-refractivity contribution < 1.29 is 9.59 Å². The third kappa shape index (κ3) is 2.52. The SMILES string of the molecule is CCCC1C(=O)NC(=O)CC1c1cccnc1. The number of nitrogens with one attached hydrogen (secondary N) is 1. The number of carbonyl (C=O) groups excluding carboxylic acids is 2. The third-order valence-electron chi connectivity index (χ3n) is 3.20. The van der Waals surface area contributed by atoms with Gasteiger partial charge in [0, 0.05) is 30.7 Å². The predicted molar refractivity (Wildman–Crippen MR) is 63.1 cm³/mol. The number of amides is 2. The van der Waals surface area contributed by atoms with Gasteiger partial charge in [0.25, 0.3) is 0 Å². The molecular formula is C13H16N2O2. The van der Waals surface area contributed by atoms with E-state index in [9.17, 15) is 9.59 Å². The summed E-state index contributed by atoms with van der Waals surface area (Å²) in [4.78, 5) is 27.3. The second-order valence-corrected chi connectivity index (χ2v) is 4.40. The fourth-order valence-corrected chi connectivity index (χ4v) is 2.39. The molecule has 17 heavy (non-hydrogen) atoms. The van der Waals surface area contributed by atoms with Gasteiger partial charge in [0.2, 0.25) is 11.8 Å². The van der Waals surface area contributed by atoms with E-state index < -0.39 is 0 Å². The van der Waals surface area contributed by atoms with Crippen molar-refractivity contribution in [2.24, 2.45) is 5.92 Å². The average Bonchev–Trinajstić information content (AvgIpc) is 2.33. The standard InChI is InChI=1S/C13H16N2O2/c1-2-4-10-11(7-12(16)15-13(10)17)9-5-3-6-14-8-9/h3,5-6,8,10-11H,2,4,7H2,1H3,(H,15,16,17). The Kier molecular flexibility index (Phi) is 3.52. The summed E-state index contributed by atoms with van der Waals surface area (Å²) in [6.45, 7) is 2.05. The molecular weight excluding hydrogens is 216 g/mol. The van der Waals surface area contributed by atoms with Crippen molar-refractivity contribution in [2.75, 3.05) is 0 Å². The maximum Gasteiger partial charge on any atom is 0.230 e. The van der Waals surface area contributed by atoms with Crippen molar-refractivity contribution in [3.05, 3.63) is 30.1 Å². The lowest BCUT2D eigenvalue weighted by Gasteiger charge is -2.29. The number of aromatic nitrogens is 1. The number of pyridine rings is 1. The summed E-state index contributed by atoms with van der Waals surface area (Å²) in [7, 11) is 0. The van der Waals surface area contributed by atoms with Crippen LogP contribution in [0.5, 0.6) is 0 Å². The van der Waals surface area contributed by atoms with Gasteiger partial charge in [-0.25, -0.2) is 0 Å². The van der Waals surface area contributed by atoms with Crippen molar-refractivity contribution in [1.82, 2.24) is 10.3 Å². The maximum absolute atomic E-state index is 11.8. The Morgan fingerprint density at radius 2 is 2.29 bits per heavy atom. The molecule has 2 amide bonds. The number of nitrogens with zero attached hydrogens (tertiary/aromatic N) is 1. The van der Waals surface area contributed by atoms with E-state index in [0.29, 0.717) is 6.42 Å². The van der Waals surface area contributed by atoms with E-state index in [1.165, 1.54) is 0 Å². The Morgan fingerprint density at radius 3 is 2.94 bits per heavy atom. The molecule has 1 saturated heterocycles. The minimum atomic E-state index is -0.184. The highest BCUT2D eigenvalue weighted by Gasteiger charge is 2.35. The molecule has 0 aliphatic carbocycles. The van der Waals surface area contributed by atoms with Gasteiger partial charge in [-0.15, -0.1) is 0 Å². The molecule has 4 heteroatoms. The van der Waals surface area contributed by atoms with Crippen LogP contribution < -0.4 is 5.32 Å². The number of carbonyl (C=O) groups is 2. The van der Waals surface area contributed by atoms with Gasteiger partial charge in [0.1, 0.15) is 0 Å². The summed E-state index contributed by atoms with van der Waals surface area (Å²) in [5.41, 5.74) is 0.981. The summed E-state index contributed by atoms with van der Waals surface area (Å²) >= 11 is 0. The summed E-state index contributed by atoms with van der Waals surface area (Å²) in [6.07, 6.45) is 5.56. The van der Waals surface area contributed by atoms with Crippen LogP contribution in [0, 0.1) is 5.92 Å². The topological polar surface area (TPSA) is 59.1 Å². The van der Waals surface area contributed by atoms with E-state index in [4.69, 9.17) is 0 Å². The number of rotatable bonds is 3. The van der Waals surface area contributed by atoms with E-state index >= 15 is 0 Å². The van der Waals surface area contributed by atoms with Crippen molar-refractivity contribution in [1.29, 1.82) is 0 Å². The minimum Gasteiger partial charge on any atom is -0.296 e. The zero-order chi connectivity index (χ0) is 12.3. The minimum absolute atomic E-state index is 0.0232. The van der Waals surface area contributed by atoms with Crippen LogP contribution in [0.3, 0.4) is 0 Å². The lowest BCUT2D eigenvalue weighted by molar-refractivity contribution is -0.137. The largest absolute Gasteiger partial charge is 0.296 e.